The largest absolute Gasteiger partial charge is 0.492 e. The Morgan fingerprint density at radius 2 is 2.13 bits per heavy atom. The third-order valence-electron chi connectivity index (χ3n) is 3.42. The molecule has 1 heterocycles. The van der Waals surface area contributed by atoms with Crippen molar-refractivity contribution < 1.29 is 14.1 Å². The molecule has 6 heteroatoms. The molecule has 0 aliphatic rings. The lowest BCUT2D eigenvalue weighted by Crippen LogP contribution is -2.24. The molecule has 1 amide bonds. The van der Waals surface area contributed by atoms with Crippen LogP contribution in [0.15, 0.2) is 28.8 Å². The molecular formula is C17H23N3O3. The van der Waals surface area contributed by atoms with E-state index in [0.717, 1.165) is 17.9 Å². The molecule has 2 aromatic rings. The second-order valence-corrected chi connectivity index (χ2v) is 5.68. The Kier molecular flexibility index (Phi) is 5.76. The number of hydrogen-bond acceptors (Lipinski definition) is 5. The first kappa shape index (κ1) is 17.0. The molecule has 0 fully saturated rings. The lowest BCUT2D eigenvalue weighted by molar-refractivity contribution is 0.0949. The Labute approximate surface area is 136 Å². The van der Waals surface area contributed by atoms with Crippen molar-refractivity contribution in [2.75, 3.05) is 27.2 Å². The summed E-state index contributed by atoms with van der Waals surface area (Å²) in [5.41, 5.74) is 2.08. The van der Waals surface area contributed by atoms with Gasteiger partial charge >= 0.3 is 0 Å². The van der Waals surface area contributed by atoms with Gasteiger partial charge in [-0.15, -0.1) is 0 Å². The first-order valence-electron chi connectivity index (χ1n) is 7.55. The highest BCUT2D eigenvalue weighted by atomic mass is 16.5. The van der Waals surface area contributed by atoms with E-state index in [1.165, 1.54) is 0 Å². The minimum atomic E-state index is -0.180. The molecule has 0 aliphatic carbocycles. The second-order valence-electron chi connectivity index (χ2n) is 5.68. The van der Waals surface area contributed by atoms with Gasteiger partial charge in [-0.05, 0) is 45.6 Å². The van der Waals surface area contributed by atoms with Gasteiger partial charge in [0.2, 0.25) is 0 Å². The number of benzene rings is 1. The Hall–Kier alpha value is -2.34. The topological polar surface area (TPSA) is 67.6 Å². The van der Waals surface area contributed by atoms with Crippen LogP contribution in [0.4, 0.5) is 0 Å². The van der Waals surface area contributed by atoms with E-state index in [2.05, 4.69) is 15.4 Å². The molecule has 0 saturated heterocycles. The molecule has 0 saturated carbocycles. The number of ether oxygens (including phenoxy) is 1. The van der Waals surface area contributed by atoms with E-state index in [-0.39, 0.29) is 5.91 Å². The summed E-state index contributed by atoms with van der Waals surface area (Å²) >= 11 is 0. The standard InChI is InChI=1S/C17H23N3O3/c1-12-16(13(2)23-19-12)17(21)18-11-14-6-5-7-15(10-14)22-9-8-20(3)4/h5-7,10H,8-9,11H2,1-4H3,(H,18,21). The van der Waals surface area contributed by atoms with Crippen molar-refractivity contribution >= 4 is 5.91 Å². The second kappa shape index (κ2) is 7.78. The van der Waals surface area contributed by atoms with Gasteiger partial charge in [-0.3, -0.25) is 4.79 Å². The quantitative estimate of drug-likeness (QED) is 0.847. The lowest BCUT2D eigenvalue weighted by atomic mass is 10.1. The molecule has 0 unspecified atom stereocenters. The average Bonchev–Trinajstić information content (AvgIpc) is 2.84. The summed E-state index contributed by atoms with van der Waals surface area (Å²) in [6, 6.07) is 7.72. The molecule has 2 rings (SSSR count). The fraction of sp³-hybridized carbons (Fsp3) is 0.412. The van der Waals surface area contributed by atoms with Crippen LogP contribution in [0.1, 0.15) is 27.4 Å². The van der Waals surface area contributed by atoms with Crippen LogP contribution in [0.25, 0.3) is 0 Å². The molecule has 1 N–H and O–H groups in total. The minimum Gasteiger partial charge on any atom is -0.492 e. The van der Waals surface area contributed by atoms with Gasteiger partial charge in [-0.25, -0.2) is 0 Å². The normalized spacial score (nSPS) is 10.8. The number of aryl methyl sites for hydroxylation is 2. The molecule has 0 radical (unpaired) electrons. The van der Waals surface area contributed by atoms with Gasteiger partial charge in [0.15, 0.2) is 0 Å². The van der Waals surface area contributed by atoms with E-state index in [1.807, 2.05) is 38.4 Å². The SMILES string of the molecule is Cc1noc(C)c1C(=O)NCc1cccc(OCCN(C)C)c1. The number of likely N-dealkylation sites (N-methyl/N-ethyl adjacent to an activating group) is 1. The van der Waals surface area contributed by atoms with Gasteiger partial charge in [0.25, 0.3) is 5.91 Å². The molecule has 0 aliphatic heterocycles. The number of amides is 1. The van der Waals surface area contributed by atoms with Crippen molar-refractivity contribution in [1.29, 1.82) is 0 Å². The van der Waals surface area contributed by atoms with Crippen LogP contribution in [0.5, 0.6) is 5.75 Å². The van der Waals surface area contributed by atoms with Crippen LogP contribution in [0.3, 0.4) is 0 Å². The van der Waals surface area contributed by atoms with Crippen LogP contribution in [0, 0.1) is 13.8 Å². The van der Waals surface area contributed by atoms with Gasteiger partial charge in [0.05, 0.1) is 5.69 Å². The van der Waals surface area contributed by atoms with Gasteiger partial charge < -0.3 is 19.5 Å². The summed E-state index contributed by atoms with van der Waals surface area (Å²) in [5, 5.41) is 6.68. The van der Waals surface area contributed by atoms with Gasteiger partial charge in [0.1, 0.15) is 23.7 Å². The Morgan fingerprint density at radius 3 is 2.78 bits per heavy atom. The Bertz CT molecular complexity index is 645. The van der Waals surface area contributed by atoms with E-state index in [9.17, 15) is 4.79 Å². The highest BCUT2D eigenvalue weighted by Crippen LogP contribution is 2.15. The summed E-state index contributed by atoms with van der Waals surface area (Å²) in [7, 11) is 4.01. The van der Waals surface area contributed by atoms with Crippen LogP contribution in [-0.2, 0) is 6.54 Å². The van der Waals surface area contributed by atoms with Gasteiger partial charge in [0, 0.05) is 13.1 Å². The monoisotopic (exact) mass is 317 g/mol. The maximum atomic E-state index is 12.2. The zero-order chi connectivity index (χ0) is 16.8. The number of nitrogens with zero attached hydrogens (tertiary/aromatic N) is 2. The highest BCUT2D eigenvalue weighted by molar-refractivity contribution is 5.96. The number of aromatic nitrogens is 1. The molecular weight excluding hydrogens is 294 g/mol. The van der Waals surface area contributed by atoms with Crippen LogP contribution in [-0.4, -0.2) is 43.2 Å². The fourth-order valence-electron chi connectivity index (χ4n) is 2.17. The maximum absolute atomic E-state index is 12.2. The molecule has 0 atom stereocenters. The van der Waals surface area contributed by atoms with Crippen molar-refractivity contribution in [3.8, 4) is 5.75 Å². The molecule has 6 nitrogen and oxygen atoms in total. The summed E-state index contributed by atoms with van der Waals surface area (Å²) in [5.74, 6) is 1.15. The molecule has 124 valence electrons. The van der Waals surface area contributed by atoms with Crippen LogP contribution < -0.4 is 10.1 Å². The van der Waals surface area contributed by atoms with E-state index in [0.29, 0.717) is 30.2 Å². The van der Waals surface area contributed by atoms with Crippen LogP contribution in [0.2, 0.25) is 0 Å². The predicted molar refractivity (Wildman–Crippen MR) is 87.6 cm³/mol. The van der Waals surface area contributed by atoms with E-state index in [4.69, 9.17) is 9.26 Å². The average molecular weight is 317 g/mol. The van der Waals surface area contributed by atoms with Crippen molar-refractivity contribution in [1.82, 2.24) is 15.4 Å². The molecule has 0 bridgehead atoms. The zero-order valence-corrected chi connectivity index (χ0v) is 14.0. The first-order valence-corrected chi connectivity index (χ1v) is 7.55. The summed E-state index contributed by atoms with van der Waals surface area (Å²) < 4.78 is 10.7. The molecule has 1 aromatic heterocycles. The van der Waals surface area contributed by atoms with E-state index in [1.54, 1.807) is 13.8 Å². The number of hydrogen-bond donors (Lipinski definition) is 1. The zero-order valence-electron chi connectivity index (χ0n) is 14.0. The highest BCUT2D eigenvalue weighted by Gasteiger charge is 2.16. The van der Waals surface area contributed by atoms with Crippen molar-refractivity contribution in [3.05, 3.63) is 46.8 Å². The smallest absolute Gasteiger partial charge is 0.257 e. The third kappa shape index (κ3) is 4.82. The van der Waals surface area contributed by atoms with Crippen LogP contribution >= 0.6 is 0 Å². The molecule has 1 aromatic carbocycles. The predicted octanol–water partition coefficient (Wildman–Crippen LogP) is 2.16. The first-order chi connectivity index (χ1) is 11.0. The summed E-state index contributed by atoms with van der Waals surface area (Å²) in [4.78, 5) is 14.3. The molecule has 23 heavy (non-hydrogen) atoms. The number of carbonyl (C=O) groups is 1. The van der Waals surface area contributed by atoms with E-state index < -0.39 is 0 Å². The van der Waals surface area contributed by atoms with Crippen molar-refractivity contribution in [3.63, 3.8) is 0 Å². The Morgan fingerprint density at radius 1 is 1.35 bits per heavy atom. The minimum absolute atomic E-state index is 0.180. The van der Waals surface area contributed by atoms with Crippen molar-refractivity contribution in [2.24, 2.45) is 0 Å². The lowest BCUT2D eigenvalue weighted by Gasteiger charge is -2.12. The number of nitrogens with one attached hydrogen (secondary N) is 1. The fourth-order valence-corrected chi connectivity index (χ4v) is 2.17. The maximum Gasteiger partial charge on any atom is 0.257 e. The van der Waals surface area contributed by atoms with E-state index >= 15 is 0 Å². The number of rotatable bonds is 7. The summed E-state index contributed by atoms with van der Waals surface area (Å²) in [6.45, 7) is 5.39. The third-order valence-corrected chi connectivity index (χ3v) is 3.42. The molecule has 0 spiro atoms. The summed E-state index contributed by atoms with van der Waals surface area (Å²) in [6.07, 6.45) is 0. The van der Waals surface area contributed by atoms with Crippen molar-refractivity contribution in [2.45, 2.75) is 20.4 Å². The Balaban J connectivity index is 1.92. The van der Waals surface area contributed by atoms with Gasteiger partial charge in [-0.2, -0.15) is 0 Å². The van der Waals surface area contributed by atoms with Gasteiger partial charge in [-0.1, -0.05) is 17.3 Å². The number of carbonyl (C=O) groups excluding carboxylic acids is 1.